The van der Waals surface area contributed by atoms with E-state index in [2.05, 4.69) is 16.4 Å². The Morgan fingerprint density at radius 3 is 2.73 bits per heavy atom. The first-order valence-corrected chi connectivity index (χ1v) is 11.8. The minimum Gasteiger partial charge on any atom is -0.461 e. The van der Waals surface area contributed by atoms with Crippen molar-refractivity contribution in [2.45, 2.75) is 33.2 Å². The van der Waals surface area contributed by atoms with Gasteiger partial charge in [-0.3, -0.25) is 9.59 Å². The van der Waals surface area contributed by atoms with Gasteiger partial charge in [-0.15, -0.1) is 11.3 Å². The third-order valence-corrected chi connectivity index (χ3v) is 7.07. The number of nitrogens with one attached hydrogen (secondary N) is 1. The Kier molecular flexibility index (Phi) is 5.50. The van der Waals surface area contributed by atoms with Gasteiger partial charge < -0.3 is 14.6 Å². The van der Waals surface area contributed by atoms with Crippen LogP contribution in [-0.2, 0) is 0 Å². The van der Waals surface area contributed by atoms with Crippen molar-refractivity contribution in [2.75, 3.05) is 13.1 Å². The van der Waals surface area contributed by atoms with Crippen LogP contribution in [0.5, 0.6) is 0 Å². The van der Waals surface area contributed by atoms with Crippen LogP contribution >= 0.6 is 11.3 Å². The van der Waals surface area contributed by atoms with Crippen molar-refractivity contribution in [1.82, 2.24) is 15.2 Å². The van der Waals surface area contributed by atoms with E-state index >= 15 is 0 Å². The SMILES string of the molecule is Cc1cccc(-c2sc(C)nc2C(=O)N2CC[C@H]2CNC(=O)c2cccc3oc(C)cc23)c1. The Morgan fingerprint density at radius 1 is 1.15 bits per heavy atom. The highest BCUT2D eigenvalue weighted by atomic mass is 32.1. The Morgan fingerprint density at radius 2 is 1.97 bits per heavy atom. The maximum atomic E-state index is 13.4. The van der Waals surface area contributed by atoms with Crippen LogP contribution in [0.15, 0.2) is 52.9 Å². The van der Waals surface area contributed by atoms with E-state index in [-0.39, 0.29) is 17.9 Å². The van der Waals surface area contributed by atoms with Gasteiger partial charge in [-0.2, -0.15) is 0 Å². The van der Waals surface area contributed by atoms with Crippen LogP contribution in [0.3, 0.4) is 0 Å². The normalized spacial score (nSPS) is 15.5. The van der Waals surface area contributed by atoms with Gasteiger partial charge in [-0.25, -0.2) is 4.98 Å². The number of hydrogen-bond donors (Lipinski definition) is 1. The summed E-state index contributed by atoms with van der Waals surface area (Å²) in [6.07, 6.45) is 0.851. The number of carbonyl (C=O) groups is 2. The Balaban J connectivity index is 1.30. The van der Waals surface area contributed by atoms with Crippen molar-refractivity contribution in [1.29, 1.82) is 0 Å². The van der Waals surface area contributed by atoms with Crippen LogP contribution in [0.2, 0.25) is 0 Å². The second-order valence-corrected chi connectivity index (χ2v) is 9.71. The molecule has 2 aromatic heterocycles. The van der Waals surface area contributed by atoms with Crippen molar-refractivity contribution in [2.24, 2.45) is 0 Å². The first-order chi connectivity index (χ1) is 15.9. The van der Waals surface area contributed by atoms with Crippen molar-refractivity contribution in [3.8, 4) is 10.4 Å². The van der Waals surface area contributed by atoms with Gasteiger partial charge in [0.2, 0.25) is 0 Å². The number of nitrogens with zero attached hydrogens (tertiary/aromatic N) is 2. The molecular formula is C26H25N3O3S. The molecule has 168 valence electrons. The quantitative estimate of drug-likeness (QED) is 0.449. The van der Waals surface area contributed by atoms with Gasteiger partial charge in [0.15, 0.2) is 0 Å². The number of amides is 2. The number of aromatic nitrogens is 1. The predicted octanol–water partition coefficient (Wildman–Crippen LogP) is 5.13. The fraction of sp³-hybridized carbons (Fsp3) is 0.269. The van der Waals surface area contributed by atoms with E-state index in [0.717, 1.165) is 38.6 Å². The number of rotatable bonds is 5. The molecule has 0 bridgehead atoms. The van der Waals surface area contributed by atoms with Crippen LogP contribution in [-0.4, -0.2) is 40.8 Å². The van der Waals surface area contributed by atoms with Gasteiger partial charge in [0.05, 0.1) is 21.5 Å². The molecule has 7 heteroatoms. The molecule has 33 heavy (non-hydrogen) atoms. The summed E-state index contributed by atoms with van der Waals surface area (Å²) in [5.41, 5.74) is 3.93. The Bertz CT molecular complexity index is 1370. The molecule has 1 saturated heterocycles. The van der Waals surface area contributed by atoms with E-state index in [1.165, 1.54) is 11.3 Å². The molecule has 1 aliphatic heterocycles. The molecule has 1 aliphatic rings. The highest BCUT2D eigenvalue weighted by Crippen LogP contribution is 2.33. The summed E-state index contributed by atoms with van der Waals surface area (Å²) in [5.74, 6) is 0.531. The summed E-state index contributed by atoms with van der Waals surface area (Å²) in [6.45, 7) is 6.90. The molecule has 0 saturated carbocycles. The monoisotopic (exact) mass is 459 g/mol. The number of hydrogen-bond acceptors (Lipinski definition) is 5. The van der Waals surface area contributed by atoms with Gasteiger partial charge in [0.25, 0.3) is 11.8 Å². The minimum atomic E-state index is -0.161. The zero-order valence-corrected chi connectivity index (χ0v) is 19.7. The number of carbonyl (C=O) groups excluding carboxylic acids is 2. The summed E-state index contributed by atoms with van der Waals surface area (Å²) in [5, 5.41) is 4.67. The Hall–Kier alpha value is -3.45. The van der Waals surface area contributed by atoms with Gasteiger partial charge in [0, 0.05) is 18.5 Å². The number of aryl methyl sites for hydroxylation is 3. The van der Waals surface area contributed by atoms with Crippen LogP contribution in [0, 0.1) is 20.8 Å². The van der Waals surface area contributed by atoms with E-state index < -0.39 is 0 Å². The highest BCUT2D eigenvalue weighted by molar-refractivity contribution is 7.15. The highest BCUT2D eigenvalue weighted by Gasteiger charge is 2.35. The molecule has 3 heterocycles. The largest absolute Gasteiger partial charge is 0.461 e. The number of likely N-dealkylation sites (tertiary alicyclic amines) is 1. The number of fused-ring (bicyclic) bond motifs is 1. The molecule has 0 radical (unpaired) electrons. The van der Waals surface area contributed by atoms with Gasteiger partial charge >= 0.3 is 0 Å². The van der Waals surface area contributed by atoms with Crippen LogP contribution < -0.4 is 5.32 Å². The van der Waals surface area contributed by atoms with E-state index in [9.17, 15) is 9.59 Å². The standard InChI is InChI=1S/C26H25N3O3S/c1-15-6-4-7-18(12-15)24-23(28-17(3)33-24)26(31)29-11-10-19(29)14-27-25(30)20-8-5-9-22-21(20)13-16(2)32-22/h4-9,12-13,19H,10-11,14H2,1-3H3,(H,27,30)/t19-/m0/s1. The average Bonchev–Trinajstić information content (AvgIpc) is 3.34. The molecule has 1 fully saturated rings. The molecule has 0 unspecified atom stereocenters. The fourth-order valence-electron chi connectivity index (χ4n) is 4.30. The number of furan rings is 1. The van der Waals surface area contributed by atoms with Crippen molar-refractivity contribution < 1.29 is 14.0 Å². The molecule has 1 N–H and O–H groups in total. The molecule has 5 rings (SSSR count). The lowest BCUT2D eigenvalue weighted by atomic mass is 10.0. The van der Waals surface area contributed by atoms with E-state index in [0.29, 0.717) is 29.9 Å². The van der Waals surface area contributed by atoms with Crippen LogP contribution in [0.1, 0.15) is 43.6 Å². The molecule has 2 amide bonds. The van der Waals surface area contributed by atoms with Crippen LogP contribution in [0.4, 0.5) is 0 Å². The molecule has 6 nitrogen and oxygen atoms in total. The Labute approximate surface area is 196 Å². The van der Waals surface area contributed by atoms with Crippen molar-refractivity contribution in [3.63, 3.8) is 0 Å². The zero-order valence-electron chi connectivity index (χ0n) is 18.8. The summed E-state index contributed by atoms with van der Waals surface area (Å²) >= 11 is 1.54. The maximum Gasteiger partial charge on any atom is 0.274 e. The first-order valence-electron chi connectivity index (χ1n) is 11.0. The topological polar surface area (TPSA) is 75.4 Å². The number of benzene rings is 2. The van der Waals surface area contributed by atoms with Crippen LogP contribution in [0.25, 0.3) is 21.4 Å². The molecule has 0 spiro atoms. The second-order valence-electron chi connectivity index (χ2n) is 8.51. The third-order valence-electron chi connectivity index (χ3n) is 6.05. The zero-order chi connectivity index (χ0) is 23.1. The van der Waals surface area contributed by atoms with Crippen molar-refractivity contribution in [3.05, 3.63) is 76.1 Å². The molecular weight excluding hydrogens is 434 g/mol. The lowest BCUT2D eigenvalue weighted by Gasteiger charge is -2.40. The van der Waals surface area contributed by atoms with E-state index in [4.69, 9.17) is 4.42 Å². The average molecular weight is 460 g/mol. The molecule has 2 aromatic carbocycles. The van der Waals surface area contributed by atoms with Gasteiger partial charge in [-0.05, 0) is 51.0 Å². The lowest BCUT2D eigenvalue weighted by molar-refractivity contribution is 0.0451. The predicted molar refractivity (Wildman–Crippen MR) is 130 cm³/mol. The molecule has 0 aliphatic carbocycles. The summed E-state index contributed by atoms with van der Waals surface area (Å²) in [6, 6.07) is 15.4. The summed E-state index contributed by atoms with van der Waals surface area (Å²) < 4.78 is 5.63. The fourth-order valence-corrected chi connectivity index (χ4v) is 5.21. The first kappa shape index (κ1) is 21.4. The van der Waals surface area contributed by atoms with Gasteiger partial charge in [-0.1, -0.05) is 35.9 Å². The van der Waals surface area contributed by atoms with Gasteiger partial charge in [0.1, 0.15) is 17.0 Å². The summed E-state index contributed by atoms with van der Waals surface area (Å²) in [7, 11) is 0. The van der Waals surface area contributed by atoms with E-state index in [1.807, 2.05) is 62.1 Å². The molecule has 4 aromatic rings. The second kappa shape index (κ2) is 8.48. The summed E-state index contributed by atoms with van der Waals surface area (Å²) in [4.78, 5) is 33.5. The maximum absolute atomic E-state index is 13.4. The molecule has 1 atom stereocenters. The van der Waals surface area contributed by atoms with E-state index in [1.54, 1.807) is 6.07 Å². The third kappa shape index (κ3) is 4.04. The minimum absolute atomic E-state index is 0.0425. The smallest absolute Gasteiger partial charge is 0.274 e. The number of thiazole rings is 1. The van der Waals surface area contributed by atoms with Crippen molar-refractivity contribution >= 4 is 34.1 Å². The lowest BCUT2D eigenvalue weighted by Crippen LogP contribution is -2.56.